The summed E-state index contributed by atoms with van der Waals surface area (Å²) in [5.74, 6) is 0. The van der Waals surface area contributed by atoms with Crippen LogP contribution in [-0.2, 0) is 4.74 Å². The monoisotopic (exact) mass is 144 g/mol. The summed E-state index contributed by atoms with van der Waals surface area (Å²) in [6.45, 7) is 5.85. The number of unbranched alkanes of at least 4 members (excludes halogenated alkanes) is 1. The first-order valence-corrected chi connectivity index (χ1v) is 3.52. The summed E-state index contributed by atoms with van der Waals surface area (Å²) < 4.78 is 4.74. The van der Waals surface area contributed by atoms with Crippen molar-refractivity contribution >= 4 is 6.09 Å². The highest BCUT2D eigenvalue weighted by Gasteiger charge is 1.96. The van der Waals surface area contributed by atoms with E-state index in [1.54, 1.807) is 13.5 Å². The van der Waals surface area contributed by atoms with Gasteiger partial charge in [0.25, 0.3) is 0 Å². The van der Waals surface area contributed by atoms with Gasteiger partial charge in [0.05, 0.1) is 6.61 Å². The highest BCUT2D eigenvalue weighted by atomic mass is 16.5. The molecule has 1 N–H and O–H groups in total. The van der Waals surface area contributed by atoms with Crippen LogP contribution in [0.3, 0.4) is 0 Å². The number of hydrogen-bond acceptors (Lipinski definition) is 2. The van der Waals surface area contributed by atoms with Crippen LogP contribution in [0, 0.1) is 6.54 Å². The van der Waals surface area contributed by atoms with E-state index in [0.717, 1.165) is 12.8 Å². The van der Waals surface area contributed by atoms with Crippen molar-refractivity contribution in [1.29, 1.82) is 0 Å². The Balaban J connectivity index is 3.05. The lowest BCUT2D eigenvalue weighted by molar-refractivity contribution is 0.147. The maximum atomic E-state index is 10.6. The van der Waals surface area contributed by atoms with Gasteiger partial charge >= 0.3 is 6.09 Å². The van der Waals surface area contributed by atoms with E-state index < -0.39 is 0 Å². The molecule has 0 aromatic heterocycles. The molecule has 3 nitrogen and oxygen atoms in total. The molecule has 0 saturated carbocycles. The molecule has 0 rings (SSSR count). The average Bonchev–Trinajstić information content (AvgIpc) is 1.89. The number of nitrogens with one attached hydrogen (secondary N) is 1. The zero-order chi connectivity index (χ0) is 7.82. The van der Waals surface area contributed by atoms with Crippen molar-refractivity contribution in [3.63, 3.8) is 0 Å². The van der Waals surface area contributed by atoms with Crippen LogP contribution in [0.5, 0.6) is 0 Å². The molecule has 0 saturated heterocycles. The molecule has 1 amide bonds. The molecule has 0 bridgehead atoms. The standard InChI is InChI=1S/C7H14NO2/c1-3-5-6-10-7(9)8-4-2/h4H,3,5-6H2,1-2H3,(H,8,9). The van der Waals surface area contributed by atoms with Crippen LogP contribution in [0.2, 0.25) is 0 Å². The summed E-state index contributed by atoms with van der Waals surface area (Å²) in [6.07, 6.45) is 1.61. The Morgan fingerprint density at radius 2 is 2.40 bits per heavy atom. The van der Waals surface area contributed by atoms with Crippen LogP contribution in [0.4, 0.5) is 4.79 Å². The molecule has 1 radical (unpaired) electrons. The maximum Gasteiger partial charge on any atom is 0.407 e. The molecule has 59 valence electrons. The van der Waals surface area contributed by atoms with Crippen molar-refractivity contribution in [2.24, 2.45) is 0 Å². The van der Waals surface area contributed by atoms with Gasteiger partial charge < -0.3 is 10.1 Å². The number of amides is 1. The molecule has 10 heavy (non-hydrogen) atoms. The second-order valence-electron chi connectivity index (χ2n) is 1.92. The molecule has 0 aliphatic carbocycles. The highest BCUT2D eigenvalue weighted by molar-refractivity contribution is 5.67. The smallest absolute Gasteiger partial charge is 0.407 e. The first kappa shape index (κ1) is 9.27. The molecule has 0 heterocycles. The molecule has 0 aromatic carbocycles. The van der Waals surface area contributed by atoms with Crippen LogP contribution < -0.4 is 5.32 Å². The average molecular weight is 144 g/mol. The SMILES string of the molecule is C[CH]NC(=O)OCCCC. The van der Waals surface area contributed by atoms with Gasteiger partial charge in [0, 0.05) is 6.54 Å². The van der Waals surface area contributed by atoms with Crippen LogP contribution >= 0.6 is 0 Å². The van der Waals surface area contributed by atoms with Crippen molar-refractivity contribution < 1.29 is 9.53 Å². The van der Waals surface area contributed by atoms with E-state index in [2.05, 4.69) is 5.32 Å². The Kier molecular flexibility index (Phi) is 5.92. The van der Waals surface area contributed by atoms with Gasteiger partial charge in [-0.25, -0.2) is 4.79 Å². The van der Waals surface area contributed by atoms with Crippen molar-refractivity contribution in [1.82, 2.24) is 5.32 Å². The van der Waals surface area contributed by atoms with Crippen molar-refractivity contribution in [2.45, 2.75) is 26.7 Å². The predicted molar refractivity (Wildman–Crippen MR) is 39.4 cm³/mol. The Morgan fingerprint density at radius 1 is 1.70 bits per heavy atom. The second-order valence-corrected chi connectivity index (χ2v) is 1.92. The van der Waals surface area contributed by atoms with Crippen molar-refractivity contribution in [3.05, 3.63) is 6.54 Å². The molecule has 0 spiro atoms. The lowest BCUT2D eigenvalue weighted by Gasteiger charge is -2.02. The normalized spacial score (nSPS) is 9.00. The summed E-state index contributed by atoms with van der Waals surface area (Å²) in [5.41, 5.74) is 0. The topological polar surface area (TPSA) is 38.3 Å². The summed E-state index contributed by atoms with van der Waals surface area (Å²) >= 11 is 0. The van der Waals surface area contributed by atoms with E-state index in [1.807, 2.05) is 6.92 Å². The van der Waals surface area contributed by atoms with Gasteiger partial charge in [-0.15, -0.1) is 0 Å². The van der Waals surface area contributed by atoms with Crippen molar-refractivity contribution in [2.75, 3.05) is 6.61 Å². The van der Waals surface area contributed by atoms with E-state index in [4.69, 9.17) is 4.74 Å². The quantitative estimate of drug-likeness (QED) is 0.610. The Labute approximate surface area is 61.8 Å². The summed E-state index contributed by atoms with van der Waals surface area (Å²) in [4.78, 5) is 10.6. The largest absolute Gasteiger partial charge is 0.450 e. The van der Waals surface area contributed by atoms with Gasteiger partial charge in [-0.05, 0) is 13.3 Å². The fraction of sp³-hybridized carbons (Fsp3) is 0.714. The fourth-order valence-corrected chi connectivity index (χ4v) is 0.469. The summed E-state index contributed by atoms with van der Waals surface area (Å²) in [6, 6.07) is 0. The third-order valence-corrected chi connectivity index (χ3v) is 0.993. The number of carbonyl (C=O) groups is 1. The van der Waals surface area contributed by atoms with Gasteiger partial charge in [-0.2, -0.15) is 0 Å². The van der Waals surface area contributed by atoms with E-state index in [0.29, 0.717) is 6.61 Å². The maximum absolute atomic E-state index is 10.6. The zero-order valence-corrected chi connectivity index (χ0v) is 6.52. The number of alkyl carbamates (subject to hydrolysis) is 1. The Bertz CT molecular complexity index is 93.6. The predicted octanol–water partition coefficient (Wildman–Crippen LogP) is 1.69. The Hall–Kier alpha value is -0.730. The molecule has 0 atom stereocenters. The zero-order valence-electron chi connectivity index (χ0n) is 6.52. The summed E-state index contributed by atoms with van der Waals surface area (Å²) in [7, 11) is 0. The van der Waals surface area contributed by atoms with E-state index in [9.17, 15) is 4.79 Å². The molecular weight excluding hydrogens is 130 g/mol. The van der Waals surface area contributed by atoms with Crippen LogP contribution in [0.1, 0.15) is 26.7 Å². The van der Waals surface area contributed by atoms with E-state index in [1.165, 1.54) is 0 Å². The van der Waals surface area contributed by atoms with Crippen LogP contribution in [-0.4, -0.2) is 12.7 Å². The lowest BCUT2D eigenvalue weighted by atomic mass is 10.4. The fourth-order valence-electron chi connectivity index (χ4n) is 0.469. The minimum atomic E-state index is -0.365. The number of rotatable bonds is 4. The number of hydrogen-bond donors (Lipinski definition) is 1. The van der Waals surface area contributed by atoms with E-state index in [-0.39, 0.29) is 6.09 Å². The van der Waals surface area contributed by atoms with Crippen LogP contribution in [0.15, 0.2) is 0 Å². The summed E-state index contributed by atoms with van der Waals surface area (Å²) in [5, 5.41) is 2.42. The Morgan fingerprint density at radius 3 is 2.90 bits per heavy atom. The van der Waals surface area contributed by atoms with E-state index >= 15 is 0 Å². The third-order valence-electron chi connectivity index (χ3n) is 0.993. The molecule has 0 aromatic rings. The third kappa shape index (κ3) is 5.41. The molecule has 0 unspecified atom stereocenters. The highest BCUT2D eigenvalue weighted by Crippen LogP contribution is 1.87. The second kappa shape index (κ2) is 6.39. The minimum absolute atomic E-state index is 0.365. The molecular formula is C7H14NO2. The first-order chi connectivity index (χ1) is 4.81. The number of carbonyl (C=O) groups excluding carboxylic acids is 1. The molecule has 3 heteroatoms. The molecule has 0 aliphatic heterocycles. The molecule has 0 aliphatic rings. The van der Waals surface area contributed by atoms with Gasteiger partial charge in [0.15, 0.2) is 0 Å². The minimum Gasteiger partial charge on any atom is -0.450 e. The molecule has 0 fully saturated rings. The number of ether oxygens (including phenoxy) is 1. The van der Waals surface area contributed by atoms with Crippen LogP contribution in [0.25, 0.3) is 0 Å². The van der Waals surface area contributed by atoms with Gasteiger partial charge in [-0.3, -0.25) is 0 Å². The van der Waals surface area contributed by atoms with Gasteiger partial charge in [0.2, 0.25) is 0 Å². The lowest BCUT2D eigenvalue weighted by Crippen LogP contribution is -2.20. The van der Waals surface area contributed by atoms with Crippen molar-refractivity contribution in [3.8, 4) is 0 Å². The van der Waals surface area contributed by atoms with Gasteiger partial charge in [0.1, 0.15) is 0 Å². The first-order valence-electron chi connectivity index (χ1n) is 3.52. The van der Waals surface area contributed by atoms with Gasteiger partial charge in [-0.1, -0.05) is 13.3 Å².